The zero-order valence-corrected chi connectivity index (χ0v) is 16.1. The minimum atomic E-state index is -0.246. The second kappa shape index (κ2) is 9.34. The number of imidazole rings is 1. The standard InChI is InChI=1S/C19H19ClN4O2S/c20-15-6-5-14(12-16(15)23-19(26)17-4-3-11-27-17)18(25)22-7-1-2-9-24-10-8-21-13-24/h3-6,8,10-13H,1-2,7,9H2,(H,22,25)(H,23,26). The van der Waals surface area contributed by atoms with E-state index in [9.17, 15) is 9.59 Å². The Morgan fingerprint density at radius 1 is 1.19 bits per heavy atom. The molecular formula is C19H19ClN4O2S. The fraction of sp³-hybridized carbons (Fsp3) is 0.211. The second-order valence-corrected chi connectivity index (χ2v) is 7.24. The summed E-state index contributed by atoms with van der Waals surface area (Å²) in [6.07, 6.45) is 7.24. The molecule has 2 N–H and O–H groups in total. The number of halogens is 1. The molecule has 2 amide bonds. The van der Waals surface area contributed by atoms with Gasteiger partial charge in [0.2, 0.25) is 0 Å². The van der Waals surface area contributed by atoms with Gasteiger partial charge in [-0.2, -0.15) is 0 Å². The van der Waals surface area contributed by atoms with E-state index in [4.69, 9.17) is 11.6 Å². The Kier molecular flexibility index (Phi) is 6.62. The molecule has 0 saturated carbocycles. The van der Waals surface area contributed by atoms with E-state index >= 15 is 0 Å². The first-order valence-corrected chi connectivity index (χ1v) is 9.77. The molecule has 0 saturated heterocycles. The molecule has 3 rings (SSSR count). The van der Waals surface area contributed by atoms with Crippen LogP contribution in [0.3, 0.4) is 0 Å². The van der Waals surface area contributed by atoms with Crippen LogP contribution in [0.25, 0.3) is 0 Å². The highest BCUT2D eigenvalue weighted by molar-refractivity contribution is 7.12. The number of hydrogen-bond acceptors (Lipinski definition) is 4. The number of nitrogens with one attached hydrogen (secondary N) is 2. The number of rotatable bonds is 8. The predicted molar refractivity (Wildman–Crippen MR) is 108 cm³/mol. The lowest BCUT2D eigenvalue weighted by Gasteiger charge is -2.10. The van der Waals surface area contributed by atoms with Crippen molar-refractivity contribution >= 4 is 40.4 Å². The molecule has 27 heavy (non-hydrogen) atoms. The summed E-state index contributed by atoms with van der Waals surface area (Å²) < 4.78 is 2.00. The number of hydrogen-bond donors (Lipinski definition) is 2. The summed E-state index contributed by atoms with van der Waals surface area (Å²) in [5.41, 5.74) is 0.873. The first kappa shape index (κ1) is 19.1. The molecule has 2 heterocycles. The Hall–Kier alpha value is -2.64. The van der Waals surface area contributed by atoms with Crippen molar-refractivity contribution < 1.29 is 9.59 Å². The van der Waals surface area contributed by atoms with Gasteiger partial charge in [-0.1, -0.05) is 17.7 Å². The van der Waals surface area contributed by atoms with Crippen LogP contribution in [0.15, 0.2) is 54.4 Å². The van der Waals surface area contributed by atoms with E-state index in [0.717, 1.165) is 19.4 Å². The van der Waals surface area contributed by atoms with Gasteiger partial charge in [0.15, 0.2) is 0 Å². The number of aromatic nitrogens is 2. The van der Waals surface area contributed by atoms with Crippen molar-refractivity contribution in [3.63, 3.8) is 0 Å². The second-order valence-electron chi connectivity index (χ2n) is 5.89. The number of aryl methyl sites for hydroxylation is 1. The number of nitrogens with zero attached hydrogens (tertiary/aromatic N) is 2. The number of unbranched alkanes of at least 4 members (excludes halogenated alkanes) is 1. The first-order valence-electron chi connectivity index (χ1n) is 8.52. The highest BCUT2D eigenvalue weighted by Gasteiger charge is 2.12. The molecule has 140 valence electrons. The van der Waals surface area contributed by atoms with Crippen LogP contribution in [0.1, 0.15) is 32.9 Å². The minimum Gasteiger partial charge on any atom is -0.352 e. The average molecular weight is 403 g/mol. The third-order valence-electron chi connectivity index (χ3n) is 3.91. The number of anilines is 1. The van der Waals surface area contributed by atoms with Crippen molar-refractivity contribution in [3.05, 3.63) is 69.9 Å². The number of carbonyl (C=O) groups is 2. The summed E-state index contributed by atoms with van der Waals surface area (Å²) >= 11 is 7.49. The van der Waals surface area contributed by atoms with Crippen molar-refractivity contribution in [2.24, 2.45) is 0 Å². The van der Waals surface area contributed by atoms with Gasteiger partial charge in [-0.05, 0) is 42.5 Å². The van der Waals surface area contributed by atoms with Gasteiger partial charge in [-0.3, -0.25) is 9.59 Å². The Morgan fingerprint density at radius 2 is 2.07 bits per heavy atom. The van der Waals surface area contributed by atoms with Gasteiger partial charge in [-0.25, -0.2) is 4.98 Å². The van der Waals surface area contributed by atoms with Crippen LogP contribution in [0.2, 0.25) is 5.02 Å². The van der Waals surface area contributed by atoms with E-state index in [2.05, 4.69) is 15.6 Å². The van der Waals surface area contributed by atoms with Crippen molar-refractivity contribution in [2.45, 2.75) is 19.4 Å². The Labute approximate surface area is 166 Å². The molecule has 0 bridgehead atoms. The van der Waals surface area contributed by atoms with Crippen LogP contribution in [-0.2, 0) is 6.54 Å². The lowest BCUT2D eigenvalue weighted by molar-refractivity contribution is 0.0951. The zero-order chi connectivity index (χ0) is 19.1. The highest BCUT2D eigenvalue weighted by Crippen LogP contribution is 2.24. The molecule has 0 aliphatic rings. The predicted octanol–water partition coefficient (Wildman–Crippen LogP) is 4.06. The Morgan fingerprint density at radius 3 is 2.81 bits per heavy atom. The number of amides is 2. The molecule has 2 aromatic heterocycles. The van der Waals surface area contributed by atoms with Crippen molar-refractivity contribution in [1.82, 2.24) is 14.9 Å². The van der Waals surface area contributed by atoms with Crippen molar-refractivity contribution in [1.29, 1.82) is 0 Å². The van der Waals surface area contributed by atoms with Gasteiger partial charge >= 0.3 is 0 Å². The smallest absolute Gasteiger partial charge is 0.265 e. The third kappa shape index (κ3) is 5.42. The molecule has 6 nitrogen and oxygen atoms in total. The summed E-state index contributed by atoms with van der Waals surface area (Å²) in [7, 11) is 0. The fourth-order valence-electron chi connectivity index (χ4n) is 2.50. The van der Waals surface area contributed by atoms with Crippen LogP contribution in [0.4, 0.5) is 5.69 Å². The summed E-state index contributed by atoms with van der Waals surface area (Å²) in [5.74, 6) is -0.440. The quantitative estimate of drug-likeness (QED) is 0.558. The molecule has 0 spiro atoms. The van der Waals surface area contributed by atoms with Gasteiger partial charge in [0.05, 0.1) is 21.9 Å². The van der Waals surface area contributed by atoms with Crippen LogP contribution < -0.4 is 10.6 Å². The molecule has 0 atom stereocenters. The molecule has 0 radical (unpaired) electrons. The minimum absolute atomic E-state index is 0.194. The third-order valence-corrected chi connectivity index (χ3v) is 5.11. The van der Waals surface area contributed by atoms with E-state index in [1.165, 1.54) is 11.3 Å². The van der Waals surface area contributed by atoms with Crippen LogP contribution in [0, 0.1) is 0 Å². The lowest BCUT2D eigenvalue weighted by Crippen LogP contribution is -2.24. The van der Waals surface area contributed by atoms with Crippen molar-refractivity contribution in [3.8, 4) is 0 Å². The van der Waals surface area contributed by atoms with Gasteiger partial charge in [0, 0.05) is 31.0 Å². The largest absolute Gasteiger partial charge is 0.352 e. The number of carbonyl (C=O) groups excluding carboxylic acids is 2. The van der Waals surface area contributed by atoms with E-state index < -0.39 is 0 Å². The summed E-state index contributed by atoms with van der Waals surface area (Å²) in [6, 6.07) is 8.38. The summed E-state index contributed by atoms with van der Waals surface area (Å²) in [5, 5.41) is 7.85. The van der Waals surface area contributed by atoms with E-state index in [-0.39, 0.29) is 11.8 Å². The molecule has 0 unspecified atom stereocenters. The van der Waals surface area contributed by atoms with Gasteiger partial charge in [0.1, 0.15) is 0 Å². The number of thiophene rings is 1. The zero-order valence-electron chi connectivity index (χ0n) is 14.5. The lowest BCUT2D eigenvalue weighted by atomic mass is 10.1. The van der Waals surface area contributed by atoms with Crippen molar-refractivity contribution in [2.75, 3.05) is 11.9 Å². The fourth-order valence-corrected chi connectivity index (χ4v) is 3.28. The maximum absolute atomic E-state index is 12.3. The maximum Gasteiger partial charge on any atom is 0.265 e. The maximum atomic E-state index is 12.3. The molecule has 1 aromatic carbocycles. The topological polar surface area (TPSA) is 76.0 Å². The SMILES string of the molecule is O=C(NCCCCn1ccnc1)c1ccc(Cl)c(NC(=O)c2cccs2)c1. The molecule has 0 aliphatic heterocycles. The molecule has 8 heteroatoms. The summed E-state index contributed by atoms with van der Waals surface area (Å²) in [6.45, 7) is 1.45. The Balaban J connectivity index is 1.51. The molecular weight excluding hydrogens is 384 g/mol. The van der Waals surface area contributed by atoms with Crippen LogP contribution in [-0.4, -0.2) is 27.9 Å². The summed E-state index contributed by atoms with van der Waals surface area (Å²) in [4.78, 5) is 29.1. The first-order chi connectivity index (χ1) is 13.1. The van der Waals surface area contributed by atoms with Crippen LogP contribution in [0.5, 0.6) is 0 Å². The monoisotopic (exact) mass is 402 g/mol. The van der Waals surface area contributed by atoms with Gasteiger partial charge in [-0.15, -0.1) is 11.3 Å². The van der Waals surface area contributed by atoms with E-state index in [1.807, 2.05) is 16.1 Å². The average Bonchev–Trinajstić information content (AvgIpc) is 3.37. The normalized spacial score (nSPS) is 10.6. The Bertz CT molecular complexity index is 895. The van der Waals surface area contributed by atoms with Crippen LogP contribution >= 0.6 is 22.9 Å². The molecule has 0 aliphatic carbocycles. The highest BCUT2D eigenvalue weighted by atomic mass is 35.5. The van der Waals surface area contributed by atoms with E-state index in [0.29, 0.717) is 27.7 Å². The van der Waals surface area contributed by atoms with Gasteiger partial charge in [0.25, 0.3) is 11.8 Å². The van der Waals surface area contributed by atoms with Gasteiger partial charge < -0.3 is 15.2 Å². The van der Waals surface area contributed by atoms with E-state index in [1.54, 1.807) is 42.9 Å². The number of benzene rings is 1. The molecule has 0 fully saturated rings. The molecule has 3 aromatic rings.